The molecule has 0 aliphatic heterocycles. The number of rotatable bonds is 16. The number of aryl methyl sites for hydroxylation is 1. The van der Waals surface area contributed by atoms with Crippen molar-refractivity contribution in [3.8, 4) is 0 Å². The van der Waals surface area contributed by atoms with Gasteiger partial charge in [0.25, 0.3) is 17.7 Å². The number of primary amides is 1. The van der Waals surface area contributed by atoms with E-state index in [2.05, 4.69) is 29.7 Å². The molecular formula is C36H48N4O6S. The lowest BCUT2D eigenvalue weighted by Crippen LogP contribution is -2.51. The summed E-state index contributed by atoms with van der Waals surface area (Å²) in [7, 11) is 0. The second-order valence-electron chi connectivity index (χ2n) is 11.1. The molecule has 3 aromatic rings. The molecule has 254 valence electrons. The Hall–Kier alpha value is -4.19. The van der Waals surface area contributed by atoms with Gasteiger partial charge >= 0.3 is 0 Å². The van der Waals surface area contributed by atoms with Crippen LogP contribution in [-0.4, -0.2) is 88.6 Å². The highest BCUT2D eigenvalue weighted by Gasteiger charge is 2.28. The Morgan fingerprint density at radius 3 is 1.87 bits per heavy atom. The van der Waals surface area contributed by atoms with E-state index in [9.17, 15) is 29.4 Å². The van der Waals surface area contributed by atoms with Crippen LogP contribution < -0.4 is 16.4 Å². The van der Waals surface area contributed by atoms with Gasteiger partial charge in [-0.1, -0.05) is 67.9 Å². The number of amides is 4. The van der Waals surface area contributed by atoms with Crippen LogP contribution in [0.1, 0.15) is 80.1 Å². The average Bonchev–Trinajstić information content (AvgIpc) is 3.08. The Bertz CT molecular complexity index is 1420. The van der Waals surface area contributed by atoms with Gasteiger partial charge in [-0.05, 0) is 68.5 Å². The molecule has 3 atom stereocenters. The van der Waals surface area contributed by atoms with Crippen molar-refractivity contribution in [2.75, 3.05) is 31.6 Å². The number of aliphatic hydroxyl groups excluding tert-OH is 2. The van der Waals surface area contributed by atoms with Crippen molar-refractivity contribution < 1.29 is 29.4 Å². The molecule has 0 saturated carbocycles. The highest BCUT2D eigenvalue weighted by atomic mass is 32.2. The molecule has 0 bridgehead atoms. The summed E-state index contributed by atoms with van der Waals surface area (Å²) in [5, 5.41) is 26.8. The number of benzene rings is 3. The predicted octanol–water partition coefficient (Wildman–Crippen LogP) is 4.05. The lowest BCUT2D eigenvalue weighted by molar-refractivity contribution is -0.00242. The smallest absolute Gasteiger partial charge is 0.253 e. The normalized spacial score (nSPS) is 12.5. The van der Waals surface area contributed by atoms with Crippen molar-refractivity contribution in [2.45, 2.75) is 58.3 Å². The molecule has 0 aliphatic carbocycles. The van der Waals surface area contributed by atoms with Crippen molar-refractivity contribution >= 4 is 35.4 Å². The highest BCUT2D eigenvalue weighted by Crippen LogP contribution is 2.15. The first kappa shape index (κ1) is 39.0. The number of carbonyl (C=O) groups excluding carboxylic acids is 4. The third kappa shape index (κ3) is 13.2. The summed E-state index contributed by atoms with van der Waals surface area (Å²) in [5.74, 6) is -1.53. The van der Waals surface area contributed by atoms with E-state index in [-0.39, 0.29) is 35.0 Å². The first-order valence-corrected chi connectivity index (χ1v) is 17.2. The first-order chi connectivity index (χ1) is 22.5. The van der Waals surface area contributed by atoms with Gasteiger partial charge < -0.3 is 31.5 Å². The molecule has 0 aliphatic rings. The van der Waals surface area contributed by atoms with Gasteiger partial charge in [0.05, 0.1) is 12.1 Å². The lowest BCUT2D eigenvalue weighted by atomic mass is 10.0. The molecule has 0 radical (unpaired) electrons. The Balaban J connectivity index is 0.000000965. The monoisotopic (exact) mass is 664 g/mol. The fourth-order valence-corrected chi connectivity index (χ4v) is 5.19. The van der Waals surface area contributed by atoms with E-state index in [1.165, 1.54) is 35.5 Å². The maximum Gasteiger partial charge on any atom is 0.253 e. The molecule has 6 N–H and O–H groups in total. The quantitative estimate of drug-likeness (QED) is 0.154. The number of hydrogen-bond acceptors (Lipinski definition) is 7. The predicted molar refractivity (Wildman–Crippen MR) is 188 cm³/mol. The van der Waals surface area contributed by atoms with Crippen LogP contribution in [0.2, 0.25) is 0 Å². The molecule has 0 heterocycles. The van der Waals surface area contributed by atoms with Gasteiger partial charge in [0, 0.05) is 41.9 Å². The molecule has 47 heavy (non-hydrogen) atoms. The minimum atomic E-state index is -1.41. The Morgan fingerprint density at radius 1 is 0.809 bits per heavy atom. The van der Waals surface area contributed by atoms with Crippen LogP contribution in [0.3, 0.4) is 0 Å². The van der Waals surface area contributed by atoms with E-state index in [4.69, 9.17) is 5.73 Å². The van der Waals surface area contributed by atoms with Crippen LogP contribution in [0.5, 0.6) is 0 Å². The third-order valence-electron chi connectivity index (χ3n) is 7.21. The molecule has 3 aromatic carbocycles. The van der Waals surface area contributed by atoms with Gasteiger partial charge in [-0.2, -0.15) is 11.8 Å². The van der Waals surface area contributed by atoms with Gasteiger partial charge in [0.2, 0.25) is 5.91 Å². The molecule has 3 rings (SSSR count). The third-order valence-corrected chi connectivity index (χ3v) is 7.85. The first-order valence-electron chi connectivity index (χ1n) is 15.8. The fourth-order valence-electron chi connectivity index (χ4n) is 4.70. The van der Waals surface area contributed by atoms with E-state index in [0.717, 1.165) is 12.8 Å². The number of thioether (sulfide) groups is 1. The summed E-state index contributed by atoms with van der Waals surface area (Å²) >= 11 is 1.53. The van der Waals surface area contributed by atoms with Crippen molar-refractivity contribution in [3.05, 3.63) is 107 Å². The molecule has 0 fully saturated rings. The van der Waals surface area contributed by atoms with Crippen LogP contribution in [0.25, 0.3) is 0 Å². The standard InChI is InChI=1S/C29H40N4O6S.C7H8/c1-4-12-33(13-5-2)29(39)22-16-20(26(30)36)15-21(17-22)27(37)31-18-24(34)25(35)23(11-14-40-3)32-28(38)19-9-7-6-8-10-19;1-7-5-3-2-4-6-7/h6-10,15-17,23-25,34-35H,4-5,11-14,18H2,1-3H3,(H2,30,36)(H,31,37)(H,32,38);2-6H,1H3. The van der Waals surface area contributed by atoms with Crippen molar-refractivity contribution in [2.24, 2.45) is 5.73 Å². The van der Waals surface area contributed by atoms with E-state index >= 15 is 0 Å². The van der Waals surface area contributed by atoms with Crippen molar-refractivity contribution in [3.63, 3.8) is 0 Å². The van der Waals surface area contributed by atoms with Crippen LogP contribution in [0.4, 0.5) is 0 Å². The summed E-state index contributed by atoms with van der Waals surface area (Å²) in [6.07, 6.45) is 1.01. The summed E-state index contributed by atoms with van der Waals surface area (Å²) in [6, 6.07) is 22.1. The van der Waals surface area contributed by atoms with Gasteiger partial charge in [-0.25, -0.2) is 0 Å². The molecule has 11 heteroatoms. The Labute approximate surface area is 282 Å². The molecule has 4 amide bonds. The molecule has 0 saturated heterocycles. The van der Waals surface area contributed by atoms with Gasteiger partial charge in [0.1, 0.15) is 6.10 Å². The number of nitrogens with one attached hydrogen (secondary N) is 2. The van der Waals surface area contributed by atoms with E-state index < -0.39 is 30.1 Å². The van der Waals surface area contributed by atoms with Gasteiger partial charge in [-0.3, -0.25) is 19.2 Å². The fraction of sp³-hybridized carbons (Fsp3) is 0.389. The lowest BCUT2D eigenvalue weighted by Gasteiger charge is -2.28. The zero-order valence-electron chi connectivity index (χ0n) is 27.6. The summed E-state index contributed by atoms with van der Waals surface area (Å²) in [5.41, 5.74) is 7.38. The molecular weight excluding hydrogens is 616 g/mol. The maximum atomic E-state index is 13.1. The maximum absolute atomic E-state index is 13.1. The number of nitrogens with zero attached hydrogens (tertiary/aromatic N) is 1. The molecule has 0 spiro atoms. The second-order valence-corrected chi connectivity index (χ2v) is 12.1. The largest absolute Gasteiger partial charge is 0.388 e. The van der Waals surface area contributed by atoms with Crippen molar-refractivity contribution in [1.29, 1.82) is 0 Å². The van der Waals surface area contributed by atoms with Crippen LogP contribution >= 0.6 is 11.8 Å². The summed E-state index contributed by atoms with van der Waals surface area (Å²) < 4.78 is 0. The number of hydrogen-bond donors (Lipinski definition) is 5. The average molecular weight is 665 g/mol. The Morgan fingerprint density at radius 2 is 1.36 bits per heavy atom. The Kier molecular flexibility index (Phi) is 17.3. The molecule has 0 aromatic heterocycles. The molecule has 10 nitrogen and oxygen atoms in total. The SMILES string of the molecule is CCCN(CCC)C(=O)c1cc(C(N)=O)cc(C(=O)NCC(O)C(O)C(CCSC)NC(=O)c2ccccc2)c1.Cc1ccccc1. The van der Waals surface area contributed by atoms with Crippen LogP contribution in [0, 0.1) is 6.92 Å². The number of aliphatic hydroxyl groups is 2. The van der Waals surface area contributed by atoms with E-state index in [1.54, 1.807) is 35.2 Å². The number of nitrogens with two attached hydrogens (primary N) is 1. The highest BCUT2D eigenvalue weighted by molar-refractivity contribution is 7.98. The summed E-state index contributed by atoms with van der Waals surface area (Å²) in [4.78, 5) is 52.3. The van der Waals surface area contributed by atoms with Crippen LogP contribution in [-0.2, 0) is 0 Å². The van der Waals surface area contributed by atoms with Crippen LogP contribution in [0.15, 0.2) is 78.9 Å². The van der Waals surface area contributed by atoms with Gasteiger partial charge in [-0.15, -0.1) is 0 Å². The topological polar surface area (TPSA) is 162 Å². The zero-order chi connectivity index (χ0) is 34.8. The van der Waals surface area contributed by atoms with E-state index in [0.29, 0.717) is 30.8 Å². The molecule has 3 unspecified atom stereocenters. The number of carbonyl (C=O) groups is 4. The van der Waals surface area contributed by atoms with Crippen molar-refractivity contribution in [1.82, 2.24) is 15.5 Å². The summed E-state index contributed by atoms with van der Waals surface area (Å²) in [6.45, 7) is 6.70. The van der Waals surface area contributed by atoms with E-state index in [1.807, 2.05) is 38.3 Å². The van der Waals surface area contributed by atoms with Gasteiger partial charge in [0.15, 0.2) is 0 Å². The minimum absolute atomic E-state index is 0.00489. The zero-order valence-corrected chi connectivity index (χ0v) is 28.5. The second kappa shape index (κ2) is 20.8. The minimum Gasteiger partial charge on any atom is -0.388 e.